The summed E-state index contributed by atoms with van der Waals surface area (Å²) >= 11 is 2.07. The average Bonchev–Trinajstić information content (AvgIpc) is 2.21. The highest BCUT2D eigenvalue weighted by Gasteiger charge is 2.25. The van der Waals surface area contributed by atoms with Crippen molar-refractivity contribution < 1.29 is 5.11 Å². The Balaban J connectivity index is 2.34. The van der Waals surface area contributed by atoms with Crippen LogP contribution in [0.25, 0.3) is 0 Å². The maximum absolute atomic E-state index is 8.91. The van der Waals surface area contributed by atoms with Gasteiger partial charge in [-0.1, -0.05) is 26.7 Å². The molecule has 0 radical (unpaired) electrons. The third kappa shape index (κ3) is 4.75. The van der Waals surface area contributed by atoms with Gasteiger partial charge in [0.05, 0.1) is 0 Å². The lowest BCUT2D eigenvalue weighted by atomic mass is 9.95. The summed E-state index contributed by atoms with van der Waals surface area (Å²) in [5, 5.41) is 13.9. The Kier molecular flexibility index (Phi) is 6.69. The van der Waals surface area contributed by atoms with Gasteiger partial charge in [0.2, 0.25) is 0 Å². The Labute approximate surface area is 98.2 Å². The maximum Gasteiger partial charge on any atom is 0.0441 e. The highest BCUT2D eigenvalue weighted by atomic mass is 32.2. The third-order valence-corrected chi connectivity index (χ3v) is 4.73. The summed E-state index contributed by atoms with van der Waals surface area (Å²) < 4.78 is 0. The Morgan fingerprint density at radius 3 is 2.80 bits per heavy atom. The summed E-state index contributed by atoms with van der Waals surface area (Å²) in [4.78, 5) is 0. The number of hydrogen-bond donors (Lipinski definition) is 2. The minimum absolute atomic E-state index is 0.326. The van der Waals surface area contributed by atoms with Gasteiger partial charge in [0, 0.05) is 23.1 Å². The first-order valence-electron chi connectivity index (χ1n) is 6.27. The van der Waals surface area contributed by atoms with Crippen LogP contribution >= 0.6 is 11.8 Å². The van der Waals surface area contributed by atoms with Crippen LogP contribution in [0.1, 0.15) is 46.0 Å². The predicted octanol–water partition coefficient (Wildman–Crippen LogP) is 2.41. The largest absolute Gasteiger partial charge is 0.396 e. The van der Waals surface area contributed by atoms with Crippen LogP contribution in [-0.2, 0) is 0 Å². The number of aliphatic hydroxyl groups excluding tert-OH is 1. The molecule has 3 heteroatoms. The second-order valence-corrected chi connectivity index (χ2v) is 6.13. The molecule has 1 aliphatic carbocycles. The van der Waals surface area contributed by atoms with E-state index in [2.05, 4.69) is 30.9 Å². The normalized spacial score (nSPS) is 29.0. The van der Waals surface area contributed by atoms with Gasteiger partial charge in [0.25, 0.3) is 0 Å². The van der Waals surface area contributed by atoms with Gasteiger partial charge < -0.3 is 10.4 Å². The molecule has 3 atom stereocenters. The molecular formula is C12H25NOS. The van der Waals surface area contributed by atoms with E-state index in [9.17, 15) is 0 Å². The number of thioether (sulfide) groups is 1. The molecule has 0 aliphatic heterocycles. The molecule has 1 rings (SSSR count). The van der Waals surface area contributed by atoms with E-state index in [0.717, 1.165) is 18.2 Å². The van der Waals surface area contributed by atoms with Crippen molar-refractivity contribution in [2.24, 2.45) is 0 Å². The van der Waals surface area contributed by atoms with Crippen molar-refractivity contribution in [3.05, 3.63) is 0 Å². The van der Waals surface area contributed by atoms with E-state index >= 15 is 0 Å². The number of rotatable bonds is 6. The van der Waals surface area contributed by atoms with Crippen molar-refractivity contribution in [2.45, 2.75) is 62.5 Å². The fraction of sp³-hybridized carbons (Fsp3) is 1.00. The van der Waals surface area contributed by atoms with Crippen molar-refractivity contribution in [1.82, 2.24) is 5.32 Å². The van der Waals surface area contributed by atoms with Gasteiger partial charge in [0.1, 0.15) is 0 Å². The molecule has 1 fully saturated rings. The molecule has 0 saturated heterocycles. The molecule has 0 aromatic carbocycles. The molecule has 15 heavy (non-hydrogen) atoms. The van der Waals surface area contributed by atoms with Crippen LogP contribution < -0.4 is 5.32 Å². The second kappa shape index (κ2) is 7.53. The lowest BCUT2D eigenvalue weighted by Crippen LogP contribution is -2.41. The first-order valence-corrected chi connectivity index (χ1v) is 7.22. The second-order valence-electron chi connectivity index (χ2n) is 4.45. The molecule has 0 aromatic heterocycles. The van der Waals surface area contributed by atoms with Crippen LogP contribution in [0, 0.1) is 0 Å². The van der Waals surface area contributed by atoms with E-state index in [-0.39, 0.29) is 0 Å². The van der Waals surface area contributed by atoms with Crippen molar-refractivity contribution in [2.75, 3.05) is 13.2 Å². The molecule has 90 valence electrons. The van der Waals surface area contributed by atoms with E-state index in [4.69, 9.17) is 5.11 Å². The zero-order chi connectivity index (χ0) is 11.1. The SMILES string of the molecule is CCNC1CCCCC1SC(C)CCO. The molecule has 0 heterocycles. The van der Waals surface area contributed by atoms with Crippen LogP contribution in [0.2, 0.25) is 0 Å². The molecule has 0 bridgehead atoms. The van der Waals surface area contributed by atoms with Crippen molar-refractivity contribution in [3.63, 3.8) is 0 Å². The standard InChI is InChI=1S/C12H25NOS/c1-3-13-11-6-4-5-7-12(11)15-10(2)8-9-14/h10-14H,3-9H2,1-2H3. The average molecular weight is 231 g/mol. The summed E-state index contributed by atoms with van der Waals surface area (Å²) in [6.07, 6.45) is 6.37. The Hall–Kier alpha value is 0.270. The van der Waals surface area contributed by atoms with Crippen LogP contribution in [-0.4, -0.2) is 34.8 Å². The van der Waals surface area contributed by atoms with E-state index in [1.807, 2.05) is 0 Å². The molecule has 2 N–H and O–H groups in total. The third-order valence-electron chi connectivity index (χ3n) is 3.11. The van der Waals surface area contributed by atoms with Gasteiger partial charge in [-0.05, 0) is 25.8 Å². The van der Waals surface area contributed by atoms with Crippen LogP contribution in [0.5, 0.6) is 0 Å². The molecule has 0 spiro atoms. The van der Waals surface area contributed by atoms with Gasteiger partial charge in [0.15, 0.2) is 0 Å². The molecule has 1 aliphatic rings. The first kappa shape index (κ1) is 13.3. The Bertz CT molecular complexity index is 164. The molecular weight excluding hydrogens is 206 g/mol. The zero-order valence-electron chi connectivity index (χ0n) is 10.0. The van der Waals surface area contributed by atoms with E-state index < -0.39 is 0 Å². The monoisotopic (exact) mass is 231 g/mol. The fourth-order valence-electron chi connectivity index (χ4n) is 2.30. The summed E-state index contributed by atoms with van der Waals surface area (Å²) in [7, 11) is 0. The van der Waals surface area contributed by atoms with Crippen LogP contribution in [0.15, 0.2) is 0 Å². The predicted molar refractivity (Wildman–Crippen MR) is 68.5 cm³/mol. The first-order chi connectivity index (χ1) is 7.27. The quantitative estimate of drug-likeness (QED) is 0.736. The van der Waals surface area contributed by atoms with E-state index in [1.165, 1.54) is 25.7 Å². The summed E-state index contributed by atoms with van der Waals surface area (Å²) in [5.41, 5.74) is 0. The molecule has 3 unspecified atom stereocenters. The van der Waals surface area contributed by atoms with Crippen LogP contribution in [0.3, 0.4) is 0 Å². The molecule has 0 amide bonds. The lowest BCUT2D eigenvalue weighted by molar-refractivity contribution is 0.288. The number of aliphatic hydroxyl groups is 1. The number of nitrogens with one attached hydrogen (secondary N) is 1. The van der Waals surface area contributed by atoms with Crippen LogP contribution in [0.4, 0.5) is 0 Å². The van der Waals surface area contributed by atoms with E-state index in [0.29, 0.717) is 17.9 Å². The van der Waals surface area contributed by atoms with E-state index in [1.54, 1.807) is 0 Å². The Morgan fingerprint density at radius 2 is 2.13 bits per heavy atom. The van der Waals surface area contributed by atoms with Gasteiger partial charge in [-0.25, -0.2) is 0 Å². The van der Waals surface area contributed by atoms with Crippen molar-refractivity contribution in [1.29, 1.82) is 0 Å². The lowest BCUT2D eigenvalue weighted by Gasteiger charge is -2.33. The summed E-state index contributed by atoms with van der Waals surface area (Å²) in [5.74, 6) is 0. The molecule has 1 saturated carbocycles. The summed E-state index contributed by atoms with van der Waals surface area (Å²) in [6, 6.07) is 0.704. The fourth-order valence-corrected chi connectivity index (χ4v) is 3.87. The summed E-state index contributed by atoms with van der Waals surface area (Å²) in [6.45, 7) is 5.83. The topological polar surface area (TPSA) is 32.3 Å². The van der Waals surface area contributed by atoms with Gasteiger partial charge in [-0.3, -0.25) is 0 Å². The minimum Gasteiger partial charge on any atom is -0.396 e. The zero-order valence-corrected chi connectivity index (χ0v) is 10.9. The molecule has 2 nitrogen and oxygen atoms in total. The maximum atomic E-state index is 8.91. The molecule has 0 aromatic rings. The van der Waals surface area contributed by atoms with Gasteiger partial charge >= 0.3 is 0 Å². The number of hydrogen-bond acceptors (Lipinski definition) is 3. The smallest absolute Gasteiger partial charge is 0.0441 e. The van der Waals surface area contributed by atoms with Gasteiger partial charge in [-0.2, -0.15) is 11.8 Å². The highest BCUT2D eigenvalue weighted by Crippen LogP contribution is 2.32. The van der Waals surface area contributed by atoms with Crippen molar-refractivity contribution >= 4 is 11.8 Å². The van der Waals surface area contributed by atoms with Crippen molar-refractivity contribution in [3.8, 4) is 0 Å². The highest BCUT2D eigenvalue weighted by molar-refractivity contribution is 8.00. The van der Waals surface area contributed by atoms with Gasteiger partial charge in [-0.15, -0.1) is 0 Å². The Morgan fingerprint density at radius 1 is 1.40 bits per heavy atom. The minimum atomic E-state index is 0.326.